The number of rotatable bonds is 5. The summed E-state index contributed by atoms with van der Waals surface area (Å²) in [5.41, 5.74) is 1.14. The maximum Gasteiger partial charge on any atom is 0.337 e. The number of carboxylic acid groups (broad SMARTS) is 1. The summed E-state index contributed by atoms with van der Waals surface area (Å²) < 4.78 is 0.781. The number of benzene rings is 1. The maximum atomic E-state index is 11.3. The predicted molar refractivity (Wildman–Crippen MR) is 84.5 cm³/mol. The summed E-state index contributed by atoms with van der Waals surface area (Å²) in [4.78, 5) is 13.6. The lowest BCUT2D eigenvalue weighted by atomic mass is 9.95. The number of carboxylic acids is 1. The fraction of sp³-hybridized carbons (Fsp3) is 0.533. The topological polar surface area (TPSA) is 52.6 Å². The van der Waals surface area contributed by atoms with Crippen molar-refractivity contribution in [3.05, 3.63) is 28.2 Å². The second-order valence-electron chi connectivity index (χ2n) is 5.67. The molecule has 1 aromatic carbocycles. The summed E-state index contributed by atoms with van der Waals surface area (Å²) in [6.07, 6.45) is 4.80. The summed E-state index contributed by atoms with van der Waals surface area (Å²) in [6.45, 7) is 0.780. The maximum absolute atomic E-state index is 11.3. The molecule has 0 atom stereocenters. The van der Waals surface area contributed by atoms with Crippen molar-refractivity contribution in [3.8, 4) is 0 Å². The van der Waals surface area contributed by atoms with Gasteiger partial charge in [-0.3, -0.25) is 0 Å². The van der Waals surface area contributed by atoms with Crippen molar-refractivity contribution in [2.75, 3.05) is 26.0 Å². The van der Waals surface area contributed by atoms with E-state index >= 15 is 0 Å². The number of likely N-dealkylation sites (N-methyl/N-ethyl adjacent to an activating group) is 1. The Morgan fingerprint density at radius 2 is 2.05 bits per heavy atom. The van der Waals surface area contributed by atoms with Gasteiger partial charge < -0.3 is 15.3 Å². The molecule has 4 nitrogen and oxygen atoms in total. The van der Waals surface area contributed by atoms with Crippen LogP contribution in [0.2, 0.25) is 0 Å². The number of nitrogens with zero attached hydrogens (tertiary/aromatic N) is 1. The van der Waals surface area contributed by atoms with Crippen LogP contribution in [-0.4, -0.2) is 42.2 Å². The highest BCUT2D eigenvalue weighted by Crippen LogP contribution is 2.34. The Kier molecular flexibility index (Phi) is 4.70. The van der Waals surface area contributed by atoms with E-state index in [4.69, 9.17) is 0 Å². The van der Waals surface area contributed by atoms with Gasteiger partial charge in [0.2, 0.25) is 0 Å². The average molecular weight is 341 g/mol. The lowest BCUT2D eigenvalue weighted by Crippen LogP contribution is -2.47. The van der Waals surface area contributed by atoms with E-state index in [9.17, 15) is 9.90 Å². The Morgan fingerprint density at radius 1 is 1.40 bits per heavy atom. The summed E-state index contributed by atoms with van der Waals surface area (Å²) >= 11 is 3.32. The molecular formula is C15H21BrN2O2. The molecule has 2 N–H and O–H groups in total. The molecule has 0 aromatic heterocycles. The number of halogens is 1. The van der Waals surface area contributed by atoms with Gasteiger partial charge in [0.05, 0.1) is 5.56 Å². The zero-order valence-electron chi connectivity index (χ0n) is 11.9. The molecule has 0 bridgehead atoms. The van der Waals surface area contributed by atoms with Gasteiger partial charge in [0.15, 0.2) is 0 Å². The summed E-state index contributed by atoms with van der Waals surface area (Å²) in [5, 5.41) is 12.6. The highest BCUT2D eigenvalue weighted by Gasteiger charge is 2.35. The van der Waals surface area contributed by atoms with Gasteiger partial charge in [-0.05, 0) is 45.1 Å². The van der Waals surface area contributed by atoms with Crippen LogP contribution in [0.1, 0.15) is 36.0 Å². The molecule has 110 valence electrons. The molecule has 0 unspecified atom stereocenters. The van der Waals surface area contributed by atoms with Gasteiger partial charge in [-0.1, -0.05) is 28.8 Å². The van der Waals surface area contributed by atoms with Crippen molar-refractivity contribution in [2.45, 2.75) is 31.2 Å². The first kappa shape index (κ1) is 15.3. The van der Waals surface area contributed by atoms with Gasteiger partial charge >= 0.3 is 5.97 Å². The summed E-state index contributed by atoms with van der Waals surface area (Å²) in [6, 6.07) is 5.33. The first-order chi connectivity index (χ1) is 9.44. The van der Waals surface area contributed by atoms with Crippen LogP contribution in [0.4, 0.5) is 5.69 Å². The first-order valence-electron chi connectivity index (χ1n) is 6.89. The predicted octanol–water partition coefficient (Wildman–Crippen LogP) is 3.43. The van der Waals surface area contributed by atoms with Gasteiger partial charge in [0, 0.05) is 22.2 Å². The summed E-state index contributed by atoms with van der Waals surface area (Å²) in [5.74, 6) is -0.904. The molecule has 0 heterocycles. The molecular weight excluding hydrogens is 320 g/mol. The minimum Gasteiger partial charge on any atom is -0.478 e. The van der Waals surface area contributed by atoms with Crippen molar-refractivity contribution in [1.29, 1.82) is 0 Å². The van der Waals surface area contributed by atoms with Crippen LogP contribution < -0.4 is 5.32 Å². The lowest BCUT2D eigenvalue weighted by Gasteiger charge is -2.37. The zero-order chi connectivity index (χ0) is 14.8. The van der Waals surface area contributed by atoms with E-state index < -0.39 is 5.97 Å². The zero-order valence-corrected chi connectivity index (χ0v) is 13.5. The molecule has 1 aliphatic rings. The van der Waals surface area contributed by atoms with Gasteiger partial charge in [0.1, 0.15) is 0 Å². The minimum absolute atomic E-state index is 0.142. The van der Waals surface area contributed by atoms with Gasteiger partial charge in [-0.15, -0.1) is 0 Å². The second kappa shape index (κ2) is 6.14. The fourth-order valence-corrected chi connectivity index (χ4v) is 3.28. The monoisotopic (exact) mass is 340 g/mol. The third kappa shape index (κ3) is 3.15. The summed E-state index contributed by atoms with van der Waals surface area (Å²) in [7, 11) is 4.21. The van der Waals surface area contributed by atoms with E-state index in [1.165, 1.54) is 12.8 Å². The van der Waals surface area contributed by atoms with Gasteiger partial charge in [-0.2, -0.15) is 0 Å². The Hall–Kier alpha value is -1.07. The Balaban J connectivity index is 2.16. The third-order valence-corrected chi connectivity index (χ3v) is 4.80. The molecule has 0 aliphatic heterocycles. The average Bonchev–Trinajstić information content (AvgIpc) is 2.87. The van der Waals surface area contributed by atoms with Crippen molar-refractivity contribution in [3.63, 3.8) is 0 Å². The molecule has 1 fully saturated rings. The molecule has 1 aromatic rings. The van der Waals surface area contributed by atoms with E-state index in [0.29, 0.717) is 11.3 Å². The molecule has 1 aliphatic carbocycles. The third-order valence-electron chi connectivity index (χ3n) is 4.30. The van der Waals surface area contributed by atoms with E-state index in [2.05, 4.69) is 40.2 Å². The number of carbonyl (C=O) groups is 1. The smallest absolute Gasteiger partial charge is 0.337 e. The number of nitrogens with one attached hydrogen (secondary N) is 1. The first-order valence-corrected chi connectivity index (χ1v) is 7.68. The molecule has 0 radical (unpaired) electrons. The second-order valence-corrected chi connectivity index (χ2v) is 6.59. The number of aromatic carboxylic acids is 1. The van der Waals surface area contributed by atoms with E-state index in [1.807, 2.05) is 12.1 Å². The highest BCUT2D eigenvalue weighted by atomic mass is 79.9. The molecule has 0 amide bonds. The van der Waals surface area contributed by atoms with Crippen LogP contribution in [0.5, 0.6) is 0 Å². The SMILES string of the molecule is CN(C)C1(CNc2ccc(Br)cc2C(=O)O)CCCC1. The van der Waals surface area contributed by atoms with Crippen LogP contribution in [-0.2, 0) is 0 Å². The van der Waals surface area contributed by atoms with Crippen LogP contribution >= 0.6 is 15.9 Å². The largest absolute Gasteiger partial charge is 0.478 e. The van der Waals surface area contributed by atoms with Gasteiger partial charge in [-0.25, -0.2) is 4.79 Å². The highest BCUT2D eigenvalue weighted by molar-refractivity contribution is 9.10. The number of hydrogen-bond donors (Lipinski definition) is 2. The molecule has 20 heavy (non-hydrogen) atoms. The van der Waals surface area contributed by atoms with Crippen molar-refractivity contribution in [2.24, 2.45) is 0 Å². The molecule has 0 spiro atoms. The van der Waals surface area contributed by atoms with E-state index in [1.54, 1.807) is 6.07 Å². The Labute approximate surface area is 128 Å². The van der Waals surface area contributed by atoms with Crippen LogP contribution in [0.15, 0.2) is 22.7 Å². The van der Waals surface area contributed by atoms with E-state index in [-0.39, 0.29) is 5.54 Å². The minimum atomic E-state index is -0.904. The molecule has 1 saturated carbocycles. The van der Waals surface area contributed by atoms with Crippen molar-refractivity contribution < 1.29 is 9.90 Å². The number of hydrogen-bond acceptors (Lipinski definition) is 3. The Bertz CT molecular complexity index is 497. The molecule has 5 heteroatoms. The van der Waals surface area contributed by atoms with Crippen LogP contribution in [0.25, 0.3) is 0 Å². The quantitative estimate of drug-likeness (QED) is 0.862. The molecule has 0 saturated heterocycles. The standard InChI is InChI=1S/C15H21BrN2O2/c1-18(2)15(7-3-4-8-15)10-17-13-6-5-11(16)9-12(13)14(19)20/h5-6,9,17H,3-4,7-8,10H2,1-2H3,(H,19,20). The number of anilines is 1. The van der Waals surface area contributed by atoms with Gasteiger partial charge in [0.25, 0.3) is 0 Å². The van der Waals surface area contributed by atoms with Crippen LogP contribution in [0.3, 0.4) is 0 Å². The van der Waals surface area contributed by atoms with Crippen molar-refractivity contribution >= 4 is 27.6 Å². The van der Waals surface area contributed by atoms with Crippen molar-refractivity contribution in [1.82, 2.24) is 4.90 Å². The lowest BCUT2D eigenvalue weighted by molar-refractivity contribution is 0.0697. The normalized spacial score (nSPS) is 17.4. The van der Waals surface area contributed by atoms with Crippen LogP contribution in [0, 0.1) is 0 Å². The Morgan fingerprint density at radius 3 is 2.60 bits per heavy atom. The van der Waals surface area contributed by atoms with E-state index in [0.717, 1.165) is 23.9 Å². The molecule has 2 rings (SSSR count). The fourth-order valence-electron chi connectivity index (χ4n) is 2.92.